The van der Waals surface area contributed by atoms with E-state index in [1.54, 1.807) is 0 Å². The maximum atomic E-state index is 10.7. The molecule has 16 heavy (non-hydrogen) atoms. The molecule has 0 saturated heterocycles. The Labute approximate surface area is 87.4 Å². The van der Waals surface area contributed by atoms with Crippen LogP contribution in [0.15, 0.2) is 33.5 Å². The van der Waals surface area contributed by atoms with Crippen LogP contribution in [0.1, 0.15) is 0 Å². The summed E-state index contributed by atoms with van der Waals surface area (Å²) in [5, 5.41) is 21.2. The van der Waals surface area contributed by atoms with E-state index in [2.05, 4.69) is 0 Å². The molecular formula is C8H4N2O6. The van der Waals surface area contributed by atoms with Crippen molar-refractivity contribution < 1.29 is 18.7 Å². The van der Waals surface area contributed by atoms with Crippen LogP contribution in [0.4, 0.5) is 11.4 Å². The molecule has 0 aliphatic carbocycles. The highest BCUT2D eigenvalue weighted by molar-refractivity contribution is 5.71. The van der Waals surface area contributed by atoms with E-state index in [-0.39, 0.29) is 11.5 Å². The molecule has 8 nitrogen and oxygen atoms in total. The Bertz CT molecular complexity index is 541. The predicted molar refractivity (Wildman–Crippen MR) is 49.7 cm³/mol. The van der Waals surface area contributed by atoms with Crippen LogP contribution in [0, 0.1) is 20.2 Å². The summed E-state index contributed by atoms with van der Waals surface area (Å²) in [5.74, 6) is -0.193. The number of rotatable bonds is 3. The van der Waals surface area contributed by atoms with Gasteiger partial charge in [-0.25, -0.2) is 0 Å². The molecule has 82 valence electrons. The number of furan rings is 2. The predicted octanol–water partition coefficient (Wildman–Crippen LogP) is 2.36. The fraction of sp³-hybridized carbons (Fsp3) is 0. The second-order valence-electron chi connectivity index (χ2n) is 2.79. The Balaban J connectivity index is 2.64. The molecule has 2 heterocycles. The van der Waals surface area contributed by atoms with Crippen LogP contribution in [-0.4, -0.2) is 9.85 Å². The van der Waals surface area contributed by atoms with Gasteiger partial charge in [-0.05, 0) is 12.1 Å². The summed E-state index contributed by atoms with van der Waals surface area (Å²) >= 11 is 0. The number of hydrogen-bond donors (Lipinski definition) is 0. The van der Waals surface area contributed by atoms with Gasteiger partial charge in [-0.15, -0.1) is 0 Å². The van der Waals surface area contributed by atoms with E-state index < -0.39 is 21.2 Å². The third-order valence-corrected chi connectivity index (χ3v) is 1.87. The largest absolute Gasteiger partial charge is 0.461 e. The molecule has 0 amide bonds. The van der Waals surface area contributed by atoms with Crippen molar-refractivity contribution in [1.82, 2.24) is 0 Å². The summed E-state index contributed by atoms with van der Waals surface area (Å²) in [7, 11) is 0. The molecule has 0 saturated carbocycles. The van der Waals surface area contributed by atoms with Crippen LogP contribution < -0.4 is 0 Å². The molecule has 0 radical (unpaired) electrons. The maximum Gasteiger partial charge on any atom is 0.395 e. The summed E-state index contributed by atoms with van der Waals surface area (Å²) < 4.78 is 9.67. The molecule has 2 aromatic rings. The lowest BCUT2D eigenvalue weighted by Crippen LogP contribution is -1.94. The second-order valence-corrected chi connectivity index (χ2v) is 2.79. The van der Waals surface area contributed by atoms with Gasteiger partial charge in [-0.1, -0.05) is 0 Å². The molecule has 0 aliphatic heterocycles. The highest BCUT2D eigenvalue weighted by atomic mass is 16.6. The van der Waals surface area contributed by atoms with Gasteiger partial charge in [-0.2, -0.15) is 0 Å². The fourth-order valence-corrected chi connectivity index (χ4v) is 1.23. The minimum Gasteiger partial charge on any atom is -0.461 e. The average molecular weight is 224 g/mol. The van der Waals surface area contributed by atoms with Gasteiger partial charge >= 0.3 is 11.4 Å². The smallest absolute Gasteiger partial charge is 0.395 e. The van der Waals surface area contributed by atoms with Crippen molar-refractivity contribution in [3.63, 3.8) is 0 Å². The number of nitro groups is 2. The monoisotopic (exact) mass is 224 g/mol. The van der Waals surface area contributed by atoms with Gasteiger partial charge in [0, 0.05) is 0 Å². The molecule has 0 bridgehead atoms. The average Bonchev–Trinajstić information content (AvgIpc) is 2.85. The topological polar surface area (TPSA) is 113 Å². The van der Waals surface area contributed by atoms with E-state index in [1.165, 1.54) is 18.4 Å². The van der Waals surface area contributed by atoms with Gasteiger partial charge in [0.05, 0.1) is 16.1 Å². The van der Waals surface area contributed by atoms with E-state index in [4.69, 9.17) is 8.83 Å². The Morgan fingerprint density at radius 2 is 1.88 bits per heavy atom. The van der Waals surface area contributed by atoms with E-state index in [0.29, 0.717) is 0 Å². The van der Waals surface area contributed by atoms with Crippen LogP contribution >= 0.6 is 0 Å². The molecule has 0 N–H and O–H groups in total. The lowest BCUT2D eigenvalue weighted by Gasteiger charge is -1.90. The molecule has 0 atom stereocenters. The first kappa shape index (κ1) is 9.90. The van der Waals surface area contributed by atoms with E-state index in [0.717, 1.165) is 6.26 Å². The van der Waals surface area contributed by atoms with Crippen molar-refractivity contribution >= 4 is 11.4 Å². The zero-order chi connectivity index (χ0) is 11.7. The van der Waals surface area contributed by atoms with E-state index >= 15 is 0 Å². The third kappa shape index (κ3) is 1.41. The van der Waals surface area contributed by atoms with Gasteiger partial charge in [0.25, 0.3) is 5.76 Å². The Hall–Kier alpha value is -2.64. The lowest BCUT2D eigenvalue weighted by molar-refractivity contribution is -0.421. The van der Waals surface area contributed by atoms with Gasteiger partial charge < -0.3 is 8.83 Å². The second kappa shape index (κ2) is 3.50. The fourth-order valence-electron chi connectivity index (χ4n) is 1.23. The molecule has 2 aromatic heterocycles. The van der Waals surface area contributed by atoms with Crippen LogP contribution in [0.25, 0.3) is 11.5 Å². The van der Waals surface area contributed by atoms with Crippen LogP contribution in [0.3, 0.4) is 0 Å². The first-order valence-corrected chi connectivity index (χ1v) is 4.05. The summed E-state index contributed by atoms with van der Waals surface area (Å²) in [4.78, 5) is 19.5. The Morgan fingerprint density at radius 1 is 1.12 bits per heavy atom. The summed E-state index contributed by atoms with van der Waals surface area (Å²) in [5.41, 5.74) is -1.41. The van der Waals surface area contributed by atoms with Gasteiger partial charge in [-0.3, -0.25) is 20.2 Å². The molecule has 0 unspecified atom stereocenters. The van der Waals surface area contributed by atoms with Crippen molar-refractivity contribution in [3.05, 3.63) is 44.9 Å². The van der Waals surface area contributed by atoms with Crippen molar-refractivity contribution in [2.45, 2.75) is 0 Å². The molecule has 0 aliphatic rings. The van der Waals surface area contributed by atoms with Gasteiger partial charge in [0.2, 0.25) is 0 Å². The number of hydrogen-bond acceptors (Lipinski definition) is 6. The highest BCUT2D eigenvalue weighted by Crippen LogP contribution is 2.39. The molecule has 2 rings (SSSR count). The molecule has 8 heteroatoms. The molecule has 0 spiro atoms. The van der Waals surface area contributed by atoms with Crippen molar-refractivity contribution in [2.24, 2.45) is 0 Å². The standard InChI is InChI=1S/C8H4N2O6/c11-9(12)5-4-16-8(7(5)10(13)14)6-2-1-3-15-6/h1-4H. The zero-order valence-corrected chi connectivity index (χ0v) is 7.65. The highest BCUT2D eigenvalue weighted by Gasteiger charge is 2.35. The van der Waals surface area contributed by atoms with Gasteiger partial charge in [0.1, 0.15) is 0 Å². The Kier molecular flexibility index (Phi) is 2.16. The number of nitrogens with zero attached hydrogens (tertiary/aromatic N) is 2. The SMILES string of the molecule is O=[N+]([O-])c1coc(-c2ccco2)c1[N+](=O)[O-]. The van der Waals surface area contributed by atoms with E-state index in [1.807, 2.05) is 0 Å². The van der Waals surface area contributed by atoms with Crippen molar-refractivity contribution in [1.29, 1.82) is 0 Å². The van der Waals surface area contributed by atoms with Crippen LogP contribution in [-0.2, 0) is 0 Å². The quantitative estimate of drug-likeness (QED) is 0.584. The van der Waals surface area contributed by atoms with Crippen molar-refractivity contribution in [2.75, 3.05) is 0 Å². The normalized spacial score (nSPS) is 10.2. The van der Waals surface area contributed by atoms with Crippen LogP contribution in [0.5, 0.6) is 0 Å². The summed E-state index contributed by atoms with van der Waals surface area (Å²) in [6.45, 7) is 0. The Morgan fingerprint density at radius 3 is 2.38 bits per heavy atom. The van der Waals surface area contributed by atoms with Crippen LogP contribution in [0.2, 0.25) is 0 Å². The first-order valence-electron chi connectivity index (χ1n) is 4.05. The summed E-state index contributed by atoms with van der Waals surface area (Å²) in [6, 6.07) is 2.91. The lowest BCUT2D eigenvalue weighted by atomic mass is 10.3. The molecule has 0 fully saturated rings. The zero-order valence-electron chi connectivity index (χ0n) is 7.65. The minimum absolute atomic E-state index is 0.0693. The summed E-state index contributed by atoms with van der Waals surface area (Å²) in [6.07, 6.45) is 2.00. The molecule has 0 aromatic carbocycles. The minimum atomic E-state index is -0.881. The third-order valence-electron chi connectivity index (χ3n) is 1.87. The molecular weight excluding hydrogens is 220 g/mol. The van der Waals surface area contributed by atoms with Crippen molar-refractivity contribution in [3.8, 4) is 11.5 Å². The van der Waals surface area contributed by atoms with E-state index in [9.17, 15) is 20.2 Å². The first-order chi connectivity index (χ1) is 7.61. The van der Waals surface area contributed by atoms with Gasteiger partial charge in [0.15, 0.2) is 12.0 Å². The maximum absolute atomic E-state index is 10.7.